The van der Waals surface area contributed by atoms with Gasteiger partial charge >= 0.3 is 6.03 Å². The van der Waals surface area contributed by atoms with Crippen LogP contribution in [0.2, 0.25) is 0 Å². The molecule has 12 heavy (non-hydrogen) atoms. The van der Waals surface area contributed by atoms with E-state index in [4.69, 9.17) is 5.73 Å². The zero-order valence-corrected chi connectivity index (χ0v) is 7.17. The summed E-state index contributed by atoms with van der Waals surface area (Å²) in [5, 5.41) is 13.6. The maximum absolute atomic E-state index is 10.3. The summed E-state index contributed by atoms with van der Waals surface area (Å²) in [6.45, 7) is 0.163. The zero-order valence-electron chi connectivity index (χ0n) is 6.36. The predicted octanol–water partition coefficient (Wildman–Crippen LogP) is 0.450. The number of carbonyl (C=O) groups is 1. The van der Waals surface area contributed by atoms with Crippen molar-refractivity contribution in [2.24, 2.45) is 5.73 Å². The minimum absolute atomic E-state index is 0.163. The Hall–Kier alpha value is -1.07. The fourth-order valence-electron chi connectivity index (χ4n) is 0.779. The van der Waals surface area contributed by atoms with Gasteiger partial charge in [-0.1, -0.05) is 6.07 Å². The van der Waals surface area contributed by atoms with Crippen LogP contribution in [0.3, 0.4) is 0 Å². The molecule has 0 saturated carbocycles. The largest absolute Gasteiger partial charge is 0.386 e. The summed E-state index contributed by atoms with van der Waals surface area (Å²) in [7, 11) is 0. The van der Waals surface area contributed by atoms with Crippen molar-refractivity contribution in [1.29, 1.82) is 0 Å². The van der Waals surface area contributed by atoms with Crippen molar-refractivity contribution in [1.82, 2.24) is 5.32 Å². The molecule has 0 aromatic carbocycles. The van der Waals surface area contributed by atoms with Crippen molar-refractivity contribution < 1.29 is 9.90 Å². The highest BCUT2D eigenvalue weighted by Crippen LogP contribution is 2.17. The van der Waals surface area contributed by atoms with Crippen molar-refractivity contribution >= 4 is 17.4 Å². The first kappa shape index (κ1) is 9.02. The Morgan fingerprint density at radius 3 is 3.08 bits per heavy atom. The van der Waals surface area contributed by atoms with Crippen LogP contribution in [0.15, 0.2) is 17.5 Å². The standard InChI is InChI=1S/C7H10N2O2S/c8-7(11)9-4-5(10)6-2-1-3-12-6/h1-3,5,10H,4H2,(H3,8,9,11). The van der Waals surface area contributed by atoms with Crippen molar-refractivity contribution in [2.45, 2.75) is 6.10 Å². The third-order valence-electron chi connectivity index (χ3n) is 1.34. The maximum Gasteiger partial charge on any atom is 0.312 e. The van der Waals surface area contributed by atoms with Gasteiger partial charge in [-0.2, -0.15) is 0 Å². The van der Waals surface area contributed by atoms with E-state index in [1.807, 2.05) is 11.4 Å². The van der Waals surface area contributed by atoms with Gasteiger partial charge < -0.3 is 16.2 Å². The number of nitrogens with one attached hydrogen (secondary N) is 1. The highest BCUT2D eigenvalue weighted by molar-refractivity contribution is 7.10. The normalized spacial score (nSPS) is 12.4. The number of aliphatic hydroxyl groups excluding tert-OH is 1. The predicted molar refractivity (Wildman–Crippen MR) is 46.9 cm³/mol. The van der Waals surface area contributed by atoms with E-state index in [1.165, 1.54) is 11.3 Å². The van der Waals surface area contributed by atoms with Crippen LogP contribution in [0.25, 0.3) is 0 Å². The summed E-state index contributed by atoms with van der Waals surface area (Å²) in [5.74, 6) is 0. The molecule has 4 nitrogen and oxygen atoms in total. The minimum atomic E-state index is -0.655. The van der Waals surface area contributed by atoms with Gasteiger partial charge in [0, 0.05) is 4.88 Å². The highest BCUT2D eigenvalue weighted by Gasteiger charge is 2.07. The van der Waals surface area contributed by atoms with Crippen LogP contribution in [0, 0.1) is 0 Å². The molecule has 0 aliphatic rings. The molecule has 2 amide bonds. The minimum Gasteiger partial charge on any atom is -0.386 e. The molecule has 5 heteroatoms. The number of hydrogen-bond donors (Lipinski definition) is 3. The van der Waals surface area contributed by atoms with Gasteiger partial charge in [0.05, 0.1) is 6.54 Å². The zero-order chi connectivity index (χ0) is 8.97. The van der Waals surface area contributed by atoms with Crippen LogP contribution < -0.4 is 11.1 Å². The second kappa shape index (κ2) is 4.08. The van der Waals surface area contributed by atoms with Gasteiger partial charge in [0.15, 0.2) is 0 Å². The molecule has 1 rings (SSSR count). The molecule has 1 unspecified atom stereocenters. The molecular weight excluding hydrogens is 176 g/mol. The Morgan fingerprint density at radius 1 is 1.83 bits per heavy atom. The second-order valence-electron chi connectivity index (χ2n) is 2.28. The van der Waals surface area contributed by atoms with Crippen LogP contribution in [0.1, 0.15) is 11.0 Å². The molecule has 0 aliphatic heterocycles. The monoisotopic (exact) mass is 186 g/mol. The summed E-state index contributed by atoms with van der Waals surface area (Å²) in [6.07, 6.45) is -0.655. The number of amides is 2. The summed E-state index contributed by atoms with van der Waals surface area (Å²) >= 11 is 1.44. The third kappa shape index (κ3) is 2.52. The van der Waals surface area contributed by atoms with Crippen molar-refractivity contribution in [3.63, 3.8) is 0 Å². The highest BCUT2D eigenvalue weighted by atomic mass is 32.1. The van der Waals surface area contributed by atoms with Crippen molar-refractivity contribution in [3.8, 4) is 0 Å². The van der Waals surface area contributed by atoms with Crippen LogP contribution >= 0.6 is 11.3 Å². The van der Waals surface area contributed by atoms with Crippen LogP contribution in [0.5, 0.6) is 0 Å². The molecule has 0 saturated heterocycles. The number of aliphatic hydroxyl groups is 1. The molecule has 4 N–H and O–H groups in total. The molecule has 0 spiro atoms. The lowest BCUT2D eigenvalue weighted by molar-refractivity contribution is 0.178. The molecule has 66 valence electrons. The molecule has 0 radical (unpaired) electrons. The van der Waals surface area contributed by atoms with E-state index in [0.717, 1.165) is 4.88 Å². The van der Waals surface area contributed by atoms with E-state index in [9.17, 15) is 9.90 Å². The van der Waals surface area contributed by atoms with Crippen molar-refractivity contribution in [2.75, 3.05) is 6.54 Å². The van der Waals surface area contributed by atoms with E-state index in [0.29, 0.717) is 0 Å². The fraction of sp³-hybridized carbons (Fsp3) is 0.286. The summed E-state index contributed by atoms with van der Waals surface area (Å²) in [5.41, 5.74) is 4.84. The van der Waals surface area contributed by atoms with Gasteiger partial charge in [0.1, 0.15) is 6.10 Å². The van der Waals surface area contributed by atoms with Crippen LogP contribution in [-0.2, 0) is 0 Å². The molecule has 0 fully saturated rings. The van der Waals surface area contributed by atoms with Gasteiger partial charge in [-0.05, 0) is 11.4 Å². The molecule has 1 aromatic rings. The Labute approximate surface area is 74.0 Å². The Kier molecular flexibility index (Phi) is 3.07. The average molecular weight is 186 g/mol. The van der Waals surface area contributed by atoms with Crippen LogP contribution in [0.4, 0.5) is 4.79 Å². The SMILES string of the molecule is NC(=O)NCC(O)c1cccs1. The number of nitrogens with two attached hydrogens (primary N) is 1. The average Bonchev–Trinajstić information content (AvgIpc) is 2.51. The summed E-state index contributed by atoms with van der Waals surface area (Å²) < 4.78 is 0. The molecule has 1 heterocycles. The van der Waals surface area contributed by atoms with E-state index < -0.39 is 12.1 Å². The van der Waals surface area contributed by atoms with E-state index in [1.54, 1.807) is 6.07 Å². The topological polar surface area (TPSA) is 75.4 Å². The second-order valence-corrected chi connectivity index (χ2v) is 3.26. The maximum atomic E-state index is 10.3. The first-order valence-corrected chi connectivity index (χ1v) is 4.33. The third-order valence-corrected chi connectivity index (χ3v) is 2.31. The van der Waals surface area contributed by atoms with Gasteiger partial charge in [-0.15, -0.1) is 11.3 Å². The van der Waals surface area contributed by atoms with Crippen LogP contribution in [-0.4, -0.2) is 17.7 Å². The lowest BCUT2D eigenvalue weighted by Gasteiger charge is -2.07. The van der Waals surface area contributed by atoms with Gasteiger partial charge in [0.2, 0.25) is 0 Å². The summed E-state index contributed by atoms with van der Waals surface area (Å²) in [4.78, 5) is 11.1. The number of rotatable bonds is 3. The van der Waals surface area contributed by atoms with Crippen molar-refractivity contribution in [3.05, 3.63) is 22.4 Å². The summed E-state index contributed by atoms with van der Waals surface area (Å²) in [6, 6.07) is 3.02. The Balaban J connectivity index is 2.39. The number of thiophene rings is 1. The molecule has 0 bridgehead atoms. The van der Waals surface area contributed by atoms with E-state index in [-0.39, 0.29) is 6.54 Å². The van der Waals surface area contributed by atoms with Gasteiger partial charge in [-0.25, -0.2) is 4.79 Å². The quantitative estimate of drug-likeness (QED) is 0.641. The Morgan fingerprint density at radius 2 is 2.58 bits per heavy atom. The number of carbonyl (C=O) groups excluding carboxylic acids is 1. The van der Waals surface area contributed by atoms with Gasteiger partial charge in [0.25, 0.3) is 0 Å². The lowest BCUT2D eigenvalue weighted by atomic mass is 10.3. The van der Waals surface area contributed by atoms with E-state index in [2.05, 4.69) is 5.32 Å². The first-order valence-electron chi connectivity index (χ1n) is 3.45. The smallest absolute Gasteiger partial charge is 0.312 e. The molecular formula is C7H10N2O2S. The number of hydrogen-bond acceptors (Lipinski definition) is 3. The lowest BCUT2D eigenvalue weighted by Crippen LogP contribution is -2.32. The molecule has 1 atom stereocenters. The number of urea groups is 1. The Bertz CT molecular complexity index is 248. The van der Waals surface area contributed by atoms with E-state index >= 15 is 0 Å². The number of primary amides is 1. The first-order chi connectivity index (χ1) is 5.70. The molecule has 1 aromatic heterocycles. The van der Waals surface area contributed by atoms with Gasteiger partial charge in [-0.3, -0.25) is 0 Å². The fourth-order valence-corrected chi connectivity index (χ4v) is 1.49. The molecule has 0 aliphatic carbocycles.